The van der Waals surface area contributed by atoms with E-state index in [4.69, 9.17) is 19.3 Å². The van der Waals surface area contributed by atoms with Crippen LogP contribution in [0.5, 0.6) is 11.5 Å². The van der Waals surface area contributed by atoms with Crippen molar-refractivity contribution in [1.82, 2.24) is 0 Å². The Morgan fingerprint density at radius 3 is 2.00 bits per heavy atom. The lowest BCUT2D eigenvalue weighted by Gasteiger charge is -2.08. The number of rotatable bonds is 11. The zero-order valence-corrected chi connectivity index (χ0v) is 16.1. The SMILES string of the molecule is CCCCOc1ccc(C(=O)Oc2ccc(C(=O)OCCCCO)cc2)cc1. The van der Waals surface area contributed by atoms with Crippen LogP contribution in [0.25, 0.3) is 0 Å². The van der Waals surface area contributed by atoms with E-state index in [1.807, 2.05) is 0 Å². The summed E-state index contributed by atoms with van der Waals surface area (Å²) in [5.41, 5.74) is 0.785. The summed E-state index contributed by atoms with van der Waals surface area (Å²) in [4.78, 5) is 24.1. The van der Waals surface area contributed by atoms with Crippen molar-refractivity contribution in [1.29, 1.82) is 0 Å². The predicted molar refractivity (Wildman–Crippen MR) is 105 cm³/mol. The molecule has 0 heterocycles. The van der Waals surface area contributed by atoms with Gasteiger partial charge in [0.1, 0.15) is 11.5 Å². The molecule has 6 nitrogen and oxygen atoms in total. The number of hydrogen-bond acceptors (Lipinski definition) is 6. The Kier molecular flexibility index (Phi) is 9.01. The second-order valence-corrected chi connectivity index (χ2v) is 6.21. The maximum atomic E-state index is 12.2. The lowest BCUT2D eigenvalue weighted by Crippen LogP contribution is -2.09. The highest BCUT2D eigenvalue weighted by molar-refractivity contribution is 5.92. The second-order valence-electron chi connectivity index (χ2n) is 6.21. The standard InChI is InChI=1S/C22H26O6/c1-2-3-15-26-19-10-6-18(7-11-19)22(25)28-20-12-8-17(9-13-20)21(24)27-16-5-4-14-23/h6-13,23H,2-5,14-16H2,1H3. The van der Waals surface area contributed by atoms with Crippen LogP contribution in [0.3, 0.4) is 0 Å². The summed E-state index contributed by atoms with van der Waals surface area (Å²) in [5, 5.41) is 8.70. The number of unbranched alkanes of at least 4 members (excludes halogenated alkanes) is 2. The lowest BCUT2D eigenvalue weighted by molar-refractivity contribution is 0.0492. The third kappa shape index (κ3) is 7.04. The molecule has 0 bridgehead atoms. The van der Waals surface area contributed by atoms with Crippen molar-refractivity contribution < 1.29 is 28.9 Å². The molecule has 6 heteroatoms. The minimum atomic E-state index is -0.487. The fraction of sp³-hybridized carbons (Fsp3) is 0.364. The van der Waals surface area contributed by atoms with Crippen LogP contribution in [0.2, 0.25) is 0 Å². The Labute approximate surface area is 165 Å². The van der Waals surface area contributed by atoms with Crippen LogP contribution in [0.4, 0.5) is 0 Å². The van der Waals surface area contributed by atoms with Gasteiger partial charge < -0.3 is 19.3 Å². The van der Waals surface area contributed by atoms with E-state index < -0.39 is 11.9 Å². The van der Waals surface area contributed by atoms with Gasteiger partial charge in [-0.25, -0.2) is 9.59 Å². The first-order valence-electron chi connectivity index (χ1n) is 9.47. The van der Waals surface area contributed by atoms with Crippen molar-refractivity contribution in [3.8, 4) is 11.5 Å². The molecule has 150 valence electrons. The third-order valence-electron chi connectivity index (χ3n) is 3.94. The van der Waals surface area contributed by atoms with Gasteiger partial charge in [-0.2, -0.15) is 0 Å². The van der Waals surface area contributed by atoms with Crippen molar-refractivity contribution in [2.45, 2.75) is 32.6 Å². The molecule has 2 rings (SSSR count). The predicted octanol–water partition coefficient (Wildman–Crippen LogP) is 4.01. The van der Waals surface area contributed by atoms with Crippen molar-refractivity contribution in [3.05, 3.63) is 59.7 Å². The molecular formula is C22H26O6. The smallest absolute Gasteiger partial charge is 0.343 e. The molecule has 0 aliphatic carbocycles. The molecular weight excluding hydrogens is 360 g/mol. The van der Waals surface area contributed by atoms with Gasteiger partial charge in [0, 0.05) is 6.61 Å². The summed E-state index contributed by atoms with van der Waals surface area (Å²) in [7, 11) is 0. The third-order valence-corrected chi connectivity index (χ3v) is 3.94. The van der Waals surface area contributed by atoms with Crippen LogP contribution in [0.1, 0.15) is 53.3 Å². The van der Waals surface area contributed by atoms with Gasteiger partial charge >= 0.3 is 11.9 Å². The van der Waals surface area contributed by atoms with E-state index in [-0.39, 0.29) is 13.2 Å². The van der Waals surface area contributed by atoms with Crippen LogP contribution in [-0.2, 0) is 4.74 Å². The molecule has 0 unspecified atom stereocenters. The molecule has 0 radical (unpaired) electrons. The quantitative estimate of drug-likeness (QED) is 0.357. The zero-order chi connectivity index (χ0) is 20.2. The van der Waals surface area contributed by atoms with E-state index in [0.29, 0.717) is 42.1 Å². The topological polar surface area (TPSA) is 82.1 Å². The fourth-order valence-electron chi connectivity index (χ4n) is 2.31. The van der Waals surface area contributed by atoms with Gasteiger partial charge in [-0.05, 0) is 67.8 Å². The van der Waals surface area contributed by atoms with Gasteiger partial charge in [-0.1, -0.05) is 13.3 Å². The number of carbonyl (C=O) groups is 2. The Morgan fingerprint density at radius 1 is 0.786 bits per heavy atom. The van der Waals surface area contributed by atoms with Gasteiger partial charge in [-0.3, -0.25) is 0 Å². The van der Waals surface area contributed by atoms with Crippen LogP contribution in [-0.4, -0.2) is 36.9 Å². The maximum Gasteiger partial charge on any atom is 0.343 e. The Bertz CT molecular complexity index is 737. The lowest BCUT2D eigenvalue weighted by atomic mass is 10.2. The Balaban J connectivity index is 1.85. The van der Waals surface area contributed by atoms with E-state index in [2.05, 4.69) is 6.92 Å². The summed E-state index contributed by atoms with van der Waals surface area (Å²) < 4.78 is 16.0. The van der Waals surface area contributed by atoms with E-state index in [9.17, 15) is 9.59 Å². The largest absolute Gasteiger partial charge is 0.494 e. The molecule has 28 heavy (non-hydrogen) atoms. The minimum absolute atomic E-state index is 0.0756. The van der Waals surface area contributed by atoms with Gasteiger partial charge in [0.05, 0.1) is 24.3 Å². The number of ether oxygens (including phenoxy) is 3. The molecule has 2 aromatic carbocycles. The highest BCUT2D eigenvalue weighted by Gasteiger charge is 2.11. The monoisotopic (exact) mass is 386 g/mol. The number of benzene rings is 2. The number of aliphatic hydroxyl groups excluding tert-OH is 1. The van der Waals surface area contributed by atoms with Gasteiger partial charge in [0.15, 0.2) is 0 Å². The summed E-state index contributed by atoms with van der Waals surface area (Å²) in [5.74, 6) is 0.117. The molecule has 0 saturated heterocycles. The van der Waals surface area contributed by atoms with Gasteiger partial charge in [0.25, 0.3) is 0 Å². The maximum absolute atomic E-state index is 12.2. The molecule has 1 N–H and O–H groups in total. The highest BCUT2D eigenvalue weighted by Crippen LogP contribution is 2.17. The summed E-state index contributed by atoms with van der Waals surface area (Å²) in [6.07, 6.45) is 3.25. The first kappa shape index (κ1) is 21.4. The zero-order valence-electron chi connectivity index (χ0n) is 16.1. The van der Waals surface area contributed by atoms with E-state index in [0.717, 1.165) is 12.8 Å². The van der Waals surface area contributed by atoms with E-state index in [1.54, 1.807) is 48.5 Å². The first-order valence-corrected chi connectivity index (χ1v) is 9.47. The first-order chi connectivity index (χ1) is 13.6. The molecule has 0 saturated carbocycles. The molecule has 0 spiro atoms. The van der Waals surface area contributed by atoms with Gasteiger partial charge in [0.2, 0.25) is 0 Å². The molecule has 0 aromatic heterocycles. The average Bonchev–Trinajstić information content (AvgIpc) is 2.72. The van der Waals surface area contributed by atoms with Crippen molar-refractivity contribution in [2.24, 2.45) is 0 Å². The van der Waals surface area contributed by atoms with E-state index in [1.165, 1.54) is 0 Å². The molecule has 0 amide bonds. The van der Waals surface area contributed by atoms with Crippen molar-refractivity contribution in [2.75, 3.05) is 19.8 Å². The summed E-state index contributed by atoms with van der Waals surface area (Å²) in [6, 6.07) is 13.0. The summed E-state index contributed by atoms with van der Waals surface area (Å²) >= 11 is 0. The number of carbonyl (C=O) groups excluding carboxylic acids is 2. The van der Waals surface area contributed by atoms with Crippen LogP contribution >= 0.6 is 0 Å². The van der Waals surface area contributed by atoms with Crippen LogP contribution in [0.15, 0.2) is 48.5 Å². The average molecular weight is 386 g/mol. The highest BCUT2D eigenvalue weighted by atomic mass is 16.5. The molecule has 2 aromatic rings. The fourth-order valence-corrected chi connectivity index (χ4v) is 2.31. The Morgan fingerprint density at radius 2 is 1.39 bits per heavy atom. The Hall–Kier alpha value is -2.86. The normalized spacial score (nSPS) is 10.4. The van der Waals surface area contributed by atoms with Crippen molar-refractivity contribution in [3.63, 3.8) is 0 Å². The summed E-state index contributed by atoms with van der Waals surface area (Å²) in [6.45, 7) is 3.08. The molecule has 0 atom stereocenters. The number of hydrogen-bond donors (Lipinski definition) is 1. The molecule has 0 aliphatic heterocycles. The van der Waals surface area contributed by atoms with Crippen LogP contribution < -0.4 is 9.47 Å². The van der Waals surface area contributed by atoms with Crippen molar-refractivity contribution >= 4 is 11.9 Å². The number of esters is 2. The molecule has 0 aliphatic rings. The van der Waals surface area contributed by atoms with Gasteiger partial charge in [-0.15, -0.1) is 0 Å². The van der Waals surface area contributed by atoms with Crippen LogP contribution in [0, 0.1) is 0 Å². The number of aliphatic hydroxyl groups is 1. The minimum Gasteiger partial charge on any atom is -0.494 e. The second kappa shape index (κ2) is 11.8. The van der Waals surface area contributed by atoms with E-state index >= 15 is 0 Å². The molecule has 0 fully saturated rings.